The number of nitrogens with zero attached hydrogens (tertiary/aromatic N) is 3. The average Bonchev–Trinajstić information content (AvgIpc) is 3.28. The van der Waals surface area contributed by atoms with Crippen molar-refractivity contribution >= 4 is 34.5 Å². The number of allylic oxidation sites excluding steroid dienone is 1. The van der Waals surface area contributed by atoms with Gasteiger partial charge < -0.3 is 15.0 Å². The molecule has 2 aromatic rings. The van der Waals surface area contributed by atoms with E-state index in [1.165, 1.54) is 31.0 Å². The Morgan fingerprint density at radius 1 is 1.17 bits per heavy atom. The summed E-state index contributed by atoms with van der Waals surface area (Å²) in [7, 11) is 1.31. The lowest BCUT2D eigenvalue weighted by molar-refractivity contribution is -0.384. The number of hydrogen-bond acceptors (Lipinski definition) is 8. The summed E-state index contributed by atoms with van der Waals surface area (Å²) in [5.41, 5.74) is 3.22. The van der Waals surface area contributed by atoms with Gasteiger partial charge in [0.15, 0.2) is 5.17 Å². The van der Waals surface area contributed by atoms with Gasteiger partial charge in [-0.15, -0.1) is 0 Å². The highest BCUT2D eigenvalue weighted by atomic mass is 32.2. The molecule has 0 aliphatic carbocycles. The fourth-order valence-electron chi connectivity index (χ4n) is 4.03. The van der Waals surface area contributed by atoms with Gasteiger partial charge in [-0.1, -0.05) is 49.0 Å². The van der Waals surface area contributed by atoms with Crippen LogP contribution in [0.25, 0.3) is 0 Å². The number of nitro groups is 1. The van der Waals surface area contributed by atoms with Gasteiger partial charge in [-0.25, -0.2) is 9.79 Å². The normalized spacial score (nSPS) is 16.9. The van der Waals surface area contributed by atoms with E-state index in [4.69, 9.17) is 4.74 Å². The molecular weight excluding hydrogens is 468 g/mol. The molecule has 180 valence electrons. The molecule has 0 fully saturated rings. The topological polar surface area (TPSA) is 114 Å². The molecule has 0 radical (unpaired) electrons. The fraction of sp³-hybridized carbons (Fsp3) is 0.240. The number of rotatable bonds is 8. The molecule has 2 heterocycles. The summed E-state index contributed by atoms with van der Waals surface area (Å²) < 4.78 is 5.08. The molecule has 0 bridgehead atoms. The van der Waals surface area contributed by atoms with Crippen LogP contribution in [0.5, 0.6) is 0 Å². The molecule has 0 spiro atoms. The summed E-state index contributed by atoms with van der Waals surface area (Å²) in [6.45, 7) is 2.30. The molecule has 2 aliphatic heterocycles. The van der Waals surface area contributed by atoms with Crippen LogP contribution in [0.2, 0.25) is 0 Å². The standard InChI is InChI=1S/C25H24N4O5S/c1-3-20-22(24(31)34-2)23(17-9-11-18(12-10-17)29(32)33)28-19(15-35-25(28)27-20)13-21(30)26-14-16-7-5-4-6-8-16/h4-12,15,23H,3,13-14H2,1-2H3,(H,26,30). The molecule has 0 saturated carbocycles. The molecule has 35 heavy (non-hydrogen) atoms. The van der Waals surface area contributed by atoms with Crippen molar-refractivity contribution in [3.8, 4) is 0 Å². The summed E-state index contributed by atoms with van der Waals surface area (Å²) in [5.74, 6) is -0.702. The van der Waals surface area contributed by atoms with Crippen molar-refractivity contribution in [3.63, 3.8) is 0 Å². The first-order chi connectivity index (χ1) is 16.9. The maximum absolute atomic E-state index is 12.9. The smallest absolute Gasteiger partial charge is 0.338 e. The Morgan fingerprint density at radius 2 is 1.89 bits per heavy atom. The molecule has 1 unspecified atom stereocenters. The van der Waals surface area contributed by atoms with Crippen molar-refractivity contribution in [3.05, 3.63) is 98.2 Å². The number of aliphatic imine (C=N–C) groups is 1. The van der Waals surface area contributed by atoms with Gasteiger partial charge in [-0.05, 0) is 35.1 Å². The van der Waals surface area contributed by atoms with E-state index in [0.29, 0.717) is 40.7 Å². The number of nitrogens with one attached hydrogen (secondary N) is 1. The highest BCUT2D eigenvalue weighted by Crippen LogP contribution is 2.45. The van der Waals surface area contributed by atoms with Crippen molar-refractivity contribution in [2.75, 3.05) is 7.11 Å². The van der Waals surface area contributed by atoms with E-state index in [9.17, 15) is 19.7 Å². The van der Waals surface area contributed by atoms with Crippen molar-refractivity contribution < 1.29 is 19.2 Å². The average molecular weight is 493 g/mol. The number of ether oxygens (including phenoxy) is 1. The van der Waals surface area contributed by atoms with Crippen molar-refractivity contribution in [1.29, 1.82) is 0 Å². The van der Waals surface area contributed by atoms with Crippen LogP contribution in [-0.4, -0.2) is 34.0 Å². The molecule has 2 aromatic carbocycles. The maximum atomic E-state index is 12.9. The van der Waals surface area contributed by atoms with Gasteiger partial charge in [0, 0.05) is 24.4 Å². The summed E-state index contributed by atoms with van der Waals surface area (Å²) in [6, 6.07) is 15.0. The molecule has 0 saturated heterocycles. The Morgan fingerprint density at radius 3 is 2.51 bits per heavy atom. The number of carbonyl (C=O) groups excluding carboxylic acids is 2. The molecule has 1 atom stereocenters. The van der Waals surface area contributed by atoms with E-state index in [0.717, 1.165) is 5.56 Å². The third-order valence-corrected chi connectivity index (χ3v) is 6.61. The number of esters is 1. The molecule has 1 amide bonds. The minimum absolute atomic E-state index is 0.0513. The molecule has 10 heteroatoms. The lowest BCUT2D eigenvalue weighted by Gasteiger charge is -2.36. The Labute approximate surface area is 206 Å². The Balaban J connectivity index is 1.65. The van der Waals surface area contributed by atoms with Gasteiger partial charge in [0.05, 0.1) is 35.8 Å². The monoisotopic (exact) mass is 492 g/mol. The zero-order valence-corrected chi connectivity index (χ0v) is 20.1. The lowest BCUT2D eigenvalue weighted by atomic mass is 9.92. The number of non-ortho nitro benzene ring substituents is 1. The number of methoxy groups -OCH3 is 1. The predicted octanol–water partition coefficient (Wildman–Crippen LogP) is 4.44. The first-order valence-corrected chi connectivity index (χ1v) is 11.9. The van der Waals surface area contributed by atoms with Crippen LogP contribution in [0.15, 0.2) is 82.0 Å². The highest BCUT2D eigenvalue weighted by molar-refractivity contribution is 8.16. The number of nitro benzene ring substituents is 1. The second-order valence-corrected chi connectivity index (χ2v) is 8.72. The maximum Gasteiger partial charge on any atom is 0.338 e. The number of thioether (sulfide) groups is 1. The minimum Gasteiger partial charge on any atom is -0.466 e. The number of carbonyl (C=O) groups is 2. The van der Waals surface area contributed by atoms with Gasteiger partial charge >= 0.3 is 5.97 Å². The first-order valence-electron chi connectivity index (χ1n) is 11.0. The zero-order chi connectivity index (χ0) is 24.9. The quantitative estimate of drug-likeness (QED) is 0.329. The highest BCUT2D eigenvalue weighted by Gasteiger charge is 2.41. The second-order valence-electron chi connectivity index (χ2n) is 7.89. The van der Waals surface area contributed by atoms with E-state index >= 15 is 0 Å². The number of fused-ring (bicyclic) bond motifs is 1. The van der Waals surface area contributed by atoms with Crippen LogP contribution in [0.1, 0.15) is 36.9 Å². The minimum atomic E-state index is -0.631. The molecule has 0 aromatic heterocycles. The van der Waals surface area contributed by atoms with Crippen LogP contribution in [0.3, 0.4) is 0 Å². The van der Waals surface area contributed by atoms with Gasteiger partial charge in [-0.2, -0.15) is 0 Å². The number of benzene rings is 2. The number of amidine groups is 1. The third kappa shape index (κ3) is 5.12. The summed E-state index contributed by atoms with van der Waals surface area (Å²) >= 11 is 1.38. The van der Waals surface area contributed by atoms with Crippen molar-refractivity contribution in [1.82, 2.24) is 10.2 Å². The predicted molar refractivity (Wildman–Crippen MR) is 133 cm³/mol. The zero-order valence-electron chi connectivity index (χ0n) is 19.3. The van der Waals surface area contributed by atoms with E-state index in [1.54, 1.807) is 12.1 Å². The lowest BCUT2D eigenvalue weighted by Crippen LogP contribution is -2.38. The number of amides is 1. The van der Waals surface area contributed by atoms with Crippen LogP contribution in [0, 0.1) is 10.1 Å². The van der Waals surface area contributed by atoms with E-state index in [2.05, 4.69) is 10.3 Å². The number of hydrogen-bond donors (Lipinski definition) is 1. The van der Waals surface area contributed by atoms with Crippen LogP contribution < -0.4 is 5.32 Å². The fourth-order valence-corrected chi connectivity index (χ4v) is 4.97. The van der Waals surface area contributed by atoms with E-state index in [1.807, 2.05) is 47.6 Å². The largest absolute Gasteiger partial charge is 0.466 e. The van der Waals surface area contributed by atoms with Gasteiger partial charge in [0.25, 0.3) is 5.69 Å². The summed E-state index contributed by atoms with van der Waals surface area (Å²) in [5, 5.41) is 16.6. The van der Waals surface area contributed by atoms with Crippen LogP contribution in [-0.2, 0) is 20.9 Å². The van der Waals surface area contributed by atoms with Crippen LogP contribution in [0.4, 0.5) is 5.69 Å². The molecule has 1 N–H and O–H groups in total. The molecule has 4 rings (SSSR count). The SMILES string of the molecule is CCC1=C(C(=O)OC)C(c2ccc([N+](=O)[O-])cc2)N2C(CC(=O)NCc3ccccc3)=CSC2=N1. The van der Waals surface area contributed by atoms with E-state index in [-0.39, 0.29) is 18.0 Å². The van der Waals surface area contributed by atoms with Gasteiger partial charge in [-0.3, -0.25) is 14.9 Å². The Hall–Kier alpha value is -3.92. The third-order valence-electron chi connectivity index (χ3n) is 5.72. The van der Waals surface area contributed by atoms with Crippen LogP contribution >= 0.6 is 11.8 Å². The van der Waals surface area contributed by atoms with Gasteiger partial charge in [0.2, 0.25) is 5.91 Å². The molecular formula is C25H24N4O5S. The summed E-state index contributed by atoms with van der Waals surface area (Å²) in [6.07, 6.45) is 0.580. The Bertz CT molecular complexity index is 1240. The van der Waals surface area contributed by atoms with Gasteiger partial charge in [0.1, 0.15) is 0 Å². The Kier molecular flexibility index (Phi) is 7.31. The van der Waals surface area contributed by atoms with Crippen molar-refractivity contribution in [2.24, 2.45) is 4.99 Å². The second kappa shape index (κ2) is 10.6. The first kappa shape index (κ1) is 24.2. The summed E-state index contributed by atoms with van der Waals surface area (Å²) in [4.78, 5) is 42.9. The molecule has 2 aliphatic rings. The molecule has 9 nitrogen and oxygen atoms in total. The van der Waals surface area contributed by atoms with E-state index < -0.39 is 16.9 Å². The van der Waals surface area contributed by atoms with Crippen molar-refractivity contribution in [2.45, 2.75) is 32.4 Å².